The lowest BCUT2D eigenvalue weighted by atomic mass is 10.2. The van der Waals surface area contributed by atoms with Gasteiger partial charge in [0, 0.05) is 18.5 Å². The number of carboxylic acid groups (broad SMARTS) is 1. The molecule has 0 radical (unpaired) electrons. The molecule has 0 spiro atoms. The molecule has 1 aliphatic rings. The Bertz CT molecular complexity index is 600. The molecule has 0 aromatic carbocycles. The molecule has 1 aliphatic heterocycles. The van der Waals surface area contributed by atoms with Crippen molar-refractivity contribution in [3.63, 3.8) is 0 Å². The van der Waals surface area contributed by atoms with Crippen molar-refractivity contribution in [3.05, 3.63) is 28.7 Å². The number of carboxylic acids is 1. The van der Waals surface area contributed by atoms with E-state index in [-0.39, 0.29) is 9.77 Å². The Labute approximate surface area is 109 Å². The highest BCUT2D eigenvalue weighted by atomic mass is 32.2. The minimum Gasteiger partial charge on any atom is -0.478 e. The van der Waals surface area contributed by atoms with Crippen molar-refractivity contribution in [2.45, 2.75) is 17.6 Å². The fourth-order valence-electron chi connectivity index (χ4n) is 1.77. The van der Waals surface area contributed by atoms with Crippen LogP contribution >= 0.6 is 11.3 Å². The van der Waals surface area contributed by atoms with Crippen molar-refractivity contribution in [1.82, 2.24) is 4.31 Å². The molecule has 0 aliphatic carbocycles. The average Bonchev–Trinajstić information content (AvgIpc) is 2.79. The number of hydrogen-bond acceptors (Lipinski definition) is 4. The Kier molecular flexibility index (Phi) is 3.56. The van der Waals surface area contributed by atoms with Gasteiger partial charge in [-0.15, -0.1) is 11.3 Å². The predicted molar refractivity (Wildman–Crippen MR) is 68.4 cm³/mol. The van der Waals surface area contributed by atoms with Crippen molar-refractivity contribution in [2.75, 3.05) is 13.1 Å². The number of rotatable bonds is 3. The highest BCUT2D eigenvalue weighted by Gasteiger charge is 2.28. The topological polar surface area (TPSA) is 74.7 Å². The minimum atomic E-state index is -3.56. The average molecular weight is 287 g/mol. The summed E-state index contributed by atoms with van der Waals surface area (Å²) < 4.78 is 26.1. The summed E-state index contributed by atoms with van der Waals surface area (Å²) in [4.78, 5) is 10.8. The largest absolute Gasteiger partial charge is 0.478 e. The van der Waals surface area contributed by atoms with Gasteiger partial charge in [0.2, 0.25) is 0 Å². The smallest absolute Gasteiger partial charge is 0.336 e. The molecule has 18 heavy (non-hydrogen) atoms. The van der Waals surface area contributed by atoms with E-state index in [4.69, 9.17) is 5.11 Å². The second kappa shape index (κ2) is 4.83. The standard InChI is InChI=1S/C11H13NO4S2/c1-8-3-2-4-12(6-8)18(15,16)10-5-9(7-17-10)11(13)14/h3,5,7H,2,4,6H2,1H3,(H,13,14). The molecule has 0 bridgehead atoms. The summed E-state index contributed by atoms with van der Waals surface area (Å²) in [6, 6.07) is 1.22. The van der Waals surface area contributed by atoms with Crippen LogP contribution < -0.4 is 0 Å². The van der Waals surface area contributed by atoms with Gasteiger partial charge in [-0.3, -0.25) is 0 Å². The number of aromatic carboxylic acids is 1. The molecular weight excluding hydrogens is 274 g/mol. The quantitative estimate of drug-likeness (QED) is 0.860. The zero-order chi connectivity index (χ0) is 13.3. The van der Waals surface area contributed by atoms with Gasteiger partial charge in [0.1, 0.15) is 4.21 Å². The van der Waals surface area contributed by atoms with E-state index >= 15 is 0 Å². The van der Waals surface area contributed by atoms with Crippen molar-refractivity contribution in [3.8, 4) is 0 Å². The fourth-order valence-corrected chi connectivity index (χ4v) is 4.58. The maximum atomic E-state index is 12.3. The van der Waals surface area contributed by atoms with Crippen molar-refractivity contribution in [1.29, 1.82) is 0 Å². The Morgan fingerprint density at radius 3 is 2.78 bits per heavy atom. The molecule has 0 saturated heterocycles. The third-order valence-electron chi connectivity index (χ3n) is 2.71. The first-order valence-corrected chi connectivity index (χ1v) is 7.71. The van der Waals surface area contributed by atoms with Gasteiger partial charge in [-0.05, 0) is 19.4 Å². The predicted octanol–water partition coefficient (Wildman–Crippen LogP) is 1.79. The maximum Gasteiger partial charge on any atom is 0.336 e. The third-order valence-corrected chi connectivity index (χ3v) is 5.97. The maximum absolute atomic E-state index is 12.3. The van der Waals surface area contributed by atoms with Gasteiger partial charge in [-0.25, -0.2) is 13.2 Å². The lowest BCUT2D eigenvalue weighted by molar-refractivity contribution is 0.0697. The molecule has 0 amide bonds. The molecule has 1 aromatic rings. The first-order valence-electron chi connectivity index (χ1n) is 5.39. The van der Waals surface area contributed by atoms with Crippen LogP contribution in [0.25, 0.3) is 0 Å². The van der Waals surface area contributed by atoms with Crippen LogP contribution in [-0.2, 0) is 10.0 Å². The summed E-state index contributed by atoms with van der Waals surface area (Å²) >= 11 is 0.950. The van der Waals surface area contributed by atoms with Gasteiger partial charge in [-0.1, -0.05) is 11.6 Å². The van der Waals surface area contributed by atoms with E-state index in [1.807, 2.05) is 13.0 Å². The molecular formula is C11H13NO4S2. The van der Waals surface area contributed by atoms with Gasteiger partial charge in [-0.2, -0.15) is 4.31 Å². The summed E-state index contributed by atoms with van der Waals surface area (Å²) in [6.07, 6.45) is 2.71. The highest BCUT2D eigenvalue weighted by molar-refractivity contribution is 7.91. The Balaban J connectivity index is 2.30. The van der Waals surface area contributed by atoms with Gasteiger partial charge in [0.25, 0.3) is 10.0 Å². The molecule has 5 nitrogen and oxygen atoms in total. The number of thiophene rings is 1. The van der Waals surface area contributed by atoms with Crippen LogP contribution in [0.5, 0.6) is 0 Å². The van der Waals surface area contributed by atoms with Crippen LogP contribution in [0, 0.1) is 0 Å². The van der Waals surface area contributed by atoms with Crippen LogP contribution in [-0.4, -0.2) is 36.9 Å². The fraction of sp³-hybridized carbons (Fsp3) is 0.364. The van der Waals surface area contributed by atoms with Crippen LogP contribution in [0.4, 0.5) is 0 Å². The normalized spacial score (nSPS) is 17.5. The minimum absolute atomic E-state index is 0.0165. The van der Waals surface area contributed by atoms with Crippen LogP contribution in [0.3, 0.4) is 0 Å². The summed E-state index contributed by atoms with van der Waals surface area (Å²) in [5.41, 5.74) is 1.03. The van der Waals surface area contributed by atoms with E-state index in [1.165, 1.54) is 15.8 Å². The number of carbonyl (C=O) groups is 1. The first kappa shape index (κ1) is 13.3. The van der Waals surface area contributed by atoms with Crippen LogP contribution in [0.2, 0.25) is 0 Å². The van der Waals surface area contributed by atoms with Gasteiger partial charge in [0.05, 0.1) is 5.56 Å². The van der Waals surface area contributed by atoms with E-state index in [2.05, 4.69) is 0 Å². The number of nitrogens with zero attached hydrogens (tertiary/aromatic N) is 1. The molecule has 98 valence electrons. The lowest BCUT2D eigenvalue weighted by Gasteiger charge is -2.24. The zero-order valence-corrected chi connectivity index (χ0v) is 11.4. The second-order valence-electron chi connectivity index (χ2n) is 4.14. The number of hydrogen-bond donors (Lipinski definition) is 1. The third kappa shape index (κ3) is 2.47. The highest BCUT2D eigenvalue weighted by Crippen LogP contribution is 2.26. The van der Waals surface area contributed by atoms with Crippen LogP contribution in [0.1, 0.15) is 23.7 Å². The zero-order valence-electron chi connectivity index (χ0n) is 9.79. The molecule has 1 N–H and O–H groups in total. The van der Waals surface area contributed by atoms with E-state index < -0.39 is 16.0 Å². The lowest BCUT2D eigenvalue weighted by Crippen LogP contribution is -2.34. The van der Waals surface area contributed by atoms with E-state index in [1.54, 1.807) is 0 Å². The van der Waals surface area contributed by atoms with E-state index in [9.17, 15) is 13.2 Å². The van der Waals surface area contributed by atoms with Crippen LogP contribution in [0.15, 0.2) is 27.3 Å². The molecule has 1 aromatic heterocycles. The Morgan fingerprint density at radius 1 is 1.50 bits per heavy atom. The summed E-state index contributed by atoms with van der Waals surface area (Å²) in [7, 11) is -3.56. The van der Waals surface area contributed by atoms with E-state index in [0.29, 0.717) is 19.5 Å². The van der Waals surface area contributed by atoms with Gasteiger partial charge in [0.15, 0.2) is 0 Å². The first-order chi connectivity index (χ1) is 8.41. The summed E-state index contributed by atoms with van der Waals surface area (Å²) in [6.45, 7) is 2.71. The summed E-state index contributed by atoms with van der Waals surface area (Å²) in [5, 5.41) is 10.2. The van der Waals surface area contributed by atoms with Crippen molar-refractivity contribution >= 4 is 27.3 Å². The SMILES string of the molecule is CC1=CCCN(S(=O)(=O)c2cc(C(=O)O)cs2)C1. The van der Waals surface area contributed by atoms with Gasteiger partial charge >= 0.3 is 5.97 Å². The molecule has 0 unspecified atom stereocenters. The summed E-state index contributed by atoms with van der Waals surface area (Å²) in [5.74, 6) is -1.11. The Morgan fingerprint density at radius 2 is 2.22 bits per heavy atom. The van der Waals surface area contributed by atoms with Crippen molar-refractivity contribution < 1.29 is 18.3 Å². The van der Waals surface area contributed by atoms with Gasteiger partial charge < -0.3 is 5.11 Å². The molecule has 0 fully saturated rings. The molecule has 2 heterocycles. The van der Waals surface area contributed by atoms with Crippen molar-refractivity contribution in [2.24, 2.45) is 0 Å². The second-order valence-corrected chi connectivity index (χ2v) is 7.21. The molecule has 0 atom stereocenters. The molecule has 2 rings (SSSR count). The molecule has 0 saturated carbocycles. The monoisotopic (exact) mass is 287 g/mol. The molecule has 7 heteroatoms. The Hall–Kier alpha value is -1.18. The number of sulfonamides is 1. The van der Waals surface area contributed by atoms with E-state index in [0.717, 1.165) is 16.9 Å².